The summed E-state index contributed by atoms with van der Waals surface area (Å²) in [5, 5.41) is 13.6. The molecule has 0 bridgehead atoms. The molecule has 3 nitrogen and oxygen atoms in total. The molecule has 1 fully saturated rings. The molecule has 3 heteroatoms. The smallest absolute Gasteiger partial charge is 0.120 e. The predicted molar refractivity (Wildman–Crippen MR) is 74.9 cm³/mol. The Morgan fingerprint density at radius 1 is 1.44 bits per heavy atom. The number of rotatable bonds is 3. The van der Waals surface area contributed by atoms with Gasteiger partial charge in [-0.1, -0.05) is 12.1 Å². The van der Waals surface area contributed by atoms with Crippen LogP contribution >= 0.6 is 0 Å². The van der Waals surface area contributed by atoms with E-state index < -0.39 is 0 Å². The fraction of sp³-hybridized carbons (Fsp3) is 0.600. The third-order valence-electron chi connectivity index (χ3n) is 3.76. The summed E-state index contributed by atoms with van der Waals surface area (Å²) in [4.78, 5) is 2.36. The van der Waals surface area contributed by atoms with Gasteiger partial charge in [-0.05, 0) is 51.9 Å². The van der Waals surface area contributed by atoms with Gasteiger partial charge in [0.05, 0.1) is 0 Å². The summed E-state index contributed by atoms with van der Waals surface area (Å²) in [6.45, 7) is 6.41. The Kier molecular flexibility index (Phi) is 4.25. The fourth-order valence-electron chi connectivity index (χ4n) is 2.77. The minimum absolute atomic E-state index is 0.196. The Labute approximate surface area is 110 Å². The third kappa shape index (κ3) is 3.24. The number of aromatic hydroxyl groups is 1. The Hall–Kier alpha value is -1.06. The quantitative estimate of drug-likeness (QED) is 0.862. The first-order valence-corrected chi connectivity index (χ1v) is 6.80. The van der Waals surface area contributed by atoms with Crippen LogP contribution < -0.4 is 5.32 Å². The van der Waals surface area contributed by atoms with Gasteiger partial charge in [0.2, 0.25) is 0 Å². The molecule has 1 aliphatic rings. The molecular formula is C15H24N2O. The van der Waals surface area contributed by atoms with Gasteiger partial charge in [0, 0.05) is 24.2 Å². The van der Waals surface area contributed by atoms with Crippen molar-refractivity contribution in [2.75, 3.05) is 20.1 Å². The summed E-state index contributed by atoms with van der Waals surface area (Å²) < 4.78 is 0. The molecule has 2 atom stereocenters. The zero-order chi connectivity index (χ0) is 13.1. The van der Waals surface area contributed by atoms with Crippen LogP contribution in [-0.2, 0) is 0 Å². The van der Waals surface area contributed by atoms with E-state index in [4.69, 9.17) is 0 Å². The number of phenolic OH excluding ortho intramolecular Hbond substituents is 1. The number of piperidine rings is 1. The Morgan fingerprint density at radius 2 is 2.22 bits per heavy atom. The fourth-order valence-corrected chi connectivity index (χ4v) is 2.77. The van der Waals surface area contributed by atoms with Crippen molar-refractivity contribution in [2.45, 2.75) is 38.8 Å². The largest absolute Gasteiger partial charge is 0.508 e. The standard InChI is InChI=1S/C15H24N2O/c1-11-6-7-14(15(18)9-11)12(2)16-13-5-4-8-17(3)10-13/h6-7,9,12-13,16,18H,4-5,8,10H2,1-3H3. The lowest BCUT2D eigenvalue weighted by atomic mass is 10.0. The van der Waals surface area contributed by atoms with E-state index in [1.54, 1.807) is 0 Å². The number of likely N-dealkylation sites (tertiary alicyclic amines) is 1. The maximum Gasteiger partial charge on any atom is 0.120 e. The van der Waals surface area contributed by atoms with E-state index in [1.807, 2.05) is 19.1 Å². The van der Waals surface area contributed by atoms with Gasteiger partial charge in [-0.2, -0.15) is 0 Å². The molecule has 0 spiro atoms. The molecule has 2 N–H and O–H groups in total. The molecule has 1 saturated heterocycles. The summed E-state index contributed by atoms with van der Waals surface area (Å²) in [6.07, 6.45) is 2.47. The minimum atomic E-state index is 0.196. The molecule has 0 saturated carbocycles. The Bertz CT molecular complexity index is 405. The van der Waals surface area contributed by atoms with Crippen molar-refractivity contribution >= 4 is 0 Å². The second-order valence-electron chi connectivity index (χ2n) is 5.55. The van der Waals surface area contributed by atoms with E-state index in [-0.39, 0.29) is 6.04 Å². The molecule has 1 aromatic rings. The minimum Gasteiger partial charge on any atom is -0.508 e. The molecule has 0 aromatic heterocycles. The van der Waals surface area contributed by atoms with Crippen LogP contribution in [0.15, 0.2) is 18.2 Å². The highest BCUT2D eigenvalue weighted by Crippen LogP contribution is 2.26. The van der Waals surface area contributed by atoms with Crippen LogP contribution in [0.4, 0.5) is 0 Å². The molecule has 0 aliphatic carbocycles. The second kappa shape index (κ2) is 5.72. The number of likely N-dealkylation sites (N-methyl/N-ethyl adjacent to an activating group) is 1. The van der Waals surface area contributed by atoms with Gasteiger partial charge in [0.1, 0.15) is 5.75 Å². The zero-order valence-electron chi connectivity index (χ0n) is 11.6. The summed E-state index contributed by atoms with van der Waals surface area (Å²) in [6, 6.07) is 6.64. The molecular weight excluding hydrogens is 224 g/mol. The summed E-state index contributed by atoms with van der Waals surface area (Å²) in [5.74, 6) is 0.402. The van der Waals surface area contributed by atoms with Crippen molar-refractivity contribution in [2.24, 2.45) is 0 Å². The van der Waals surface area contributed by atoms with Crippen molar-refractivity contribution in [1.82, 2.24) is 10.2 Å². The van der Waals surface area contributed by atoms with E-state index in [0.29, 0.717) is 11.8 Å². The maximum atomic E-state index is 9.99. The van der Waals surface area contributed by atoms with Crippen LogP contribution in [0.5, 0.6) is 5.75 Å². The lowest BCUT2D eigenvalue weighted by molar-refractivity contribution is 0.218. The molecule has 100 valence electrons. The normalized spacial score (nSPS) is 22.9. The first-order valence-electron chi connectivity index (χ1n) is 6.80. The van der Waals surface area contributed by atoms with Crippen molar-refractivity contribution in [3.63, 3.8) is 0 Å². The zero-order valence-corrected chi connectivity index (χ0v) is 11.6. The first kappa shape index (κ1) is 13.4. The van der Waals surface area contributed by atoms with Crippen molar-refractivity contribution in [3.8, 4) is 5.75 Å². The van der Waals surface area contributed by atoms with Crippen LogP contribution in [0.25, 0.3) is 0 Å². The van der Waals surface area contributed by atoms with Gasteiger partial charge in [0.15, 0.2) is 0 Å². The maximum absolute atomic E-state index is 9.99. The molecule has 18 heavy (non-hydrogen) atoms. The average molecular weight is 248 g/mol. The topological polar surface area (TPSA) is 35.5 Å². The van der Waals surface area contributed by atoms with Gasteiger partial charge in [0.25, 0.3) is 0 Å². The lowest BCUT2D eigenvalue weighted by Gasteiger charge is -2.32. The summed E-state index contributed by atoms with van der Waals surface area (Å²) >= 11 is 0. The van der Waals surface area contributed by atoms with Crippen LogP contribution in [0.3, 0.4) is 0 Å². The first-order chi connectivity index (χ1) is 8.56. The highest BCUT2D eigenvalue weighted by molar-refractivity contribution is 5.37. The van der Waals surface area contributed by atoms with Crippen LogP contribution in [0.2, 0.25) is 0 Å². The van der Waals surface area contributed by atoms with Gasteiger partial charge in [-0.3, -0.25) is 0 Å². The molecule has 2 rings (SSSR count). The molecule has 0 amide bonds. The monoisotopic (exact) mass is 248 g/mol. The van der Waals surface area contributed by atoms with Gasteiger partial charge < -0.3 is 15.3 Å². The van der Waals surface area contributed by atoms with Crippen molar-refractivity contribution in [3.05, 3.63) is 29.3 Å². The number of benzene rings is 1. The van der Waals surface area contributed by atoms with Crippen molar-refractivity contribution < 1.29 is 5.11 Å². The van der Waals surface area contributed by atoms with E-state index in [2.05, 4.69) is 30.3 Å². The molecule has 1 heterocycles. The SMILES string of the molecule is Cc1ccc(C(C)NC2CCCN(C)C2)c(O)c1. The number of nitrogens with zero attached hydrogens (tertiary/aromatic N) is 1. The van der Waals surface area contributed by atoms with Gasteiger partial charge in [-0.15, -0.1) is 0 Å². The predicted octanol–water partition coefficient (Wildman–Crippen LogP) is 2.45. The molecule has 1 aromatic carbocycles. The average Bonchev–Trinajstić information content (AvgIpc) is 2.28. The molecule has 1 aliphatic heterocycles. The van der Waals surface area contributed by atoms with E-state index >= 15 is 0 Å². The lowest BCUT2D eigenvalue weighted by Crippen LogP contribution is -2.44. The Morgan fingerprint density at radius 3 is 2.89 bits per heavy atom. The third-order valence-corrected chi connectivity index (χ3v) is 3.76. The summed E-state index contributed by atoms with van der Waals surface area (Å²) in [7, 11) is 2.17. The van der Waals surface area contributed by atoms with E-state index in [9.17, 15) is 5.11 Å². The highest BCUT2D eigenvalue weighted by atomic mass is 16.3. The molecule has 0 radical (unpaired) electrons. The van der Waals surface area contributed by atoms with Crippen molar-refractivity contribution in [1.29, 1.82) is 0 Å². The van der Waals surface area contributed by atoms with E-state index in [0.717, 1.165) is 17.7 Å². The second-order valence-corrected chi connectivity index (χ2v) is 5.55. The van der Waals surface area contributed by atoms with Crippen LogP contribution in [0, 0.1) is 6.92 Å². The number of phenols is 1. The Balaban J connectivity index is 2.00. The number of aryl methyl sites for hydroxylation is 1. The number of nitrogens with one attached hydrogen (secondary N) is 1. The van der Waals surface area contributed by atoms with Crippen LogP contribution in [-0.4, -0.2) is 36.2 Å². The van der Waals surface area contributed by atoms with E-state index in [1.165, 1.54) is 19.4 Å². The summed E-state index contributed by atoms with van der Waals surface area (Å²) in [5.41, 5.74) is 2.09. The highest BCUT2D eigenvalue weighted by Gasteiger charge is 2.20. The number of hydrogen-bond donors (Lipinski definition) is 2. The number of hydrogen-bond acceptors (Lipinski definition) is 3. The van der Waals surface area contributed by atoms with Crippen LogP contribution in [0.1, 0.15) is 36.9 Å². The molecule has 2 unspecified atom stereocenters. The van der Waals surface area contributed by atoms with Gasteiger partial charge in [-0.25, -0.2) is 0 Å². The van der Waals surface area contributed by atoms with Gasteiger partial charge >= 0.3 is 0 Å².